The van der Waals surface area contributed by atoms with Gasteiger partial charge in [0.25, 0.3) is 0 Å². The quantitative estimate of drug-likeness (QED) is 0.475. The Hall–Kier alpha value is -3.50. The van der Waals surface area contributed by atoms with Crippen LogP contribution in [-0.2, 0) is 6.18 Å². The van der Waals surface area contributed by atoms with Crippen LogP contribution in [0.3, 0.4) is 0 Å². The maximum atomic E-state index is 14.3. The number of anilines is 1. The van der Waals surface area contributed by atoms with Crippen LogP contribution in [0.15, 0.2) is 49.2 Å². The van der Waals surface area contributed by atoms with Crippen molar-refractivity contribution in [1.29, 1.82) is 0 Å². The third kappa shape index (κ3) is 3.06. The molecular weight excluding hydrogens is 402 g/mol. The minimum atomic E-state index is -4.49. The van der Waals surface area contributed by atoms with Crippen molar-refractivity contribution in [3.63, 3.8) is 0 Å². The van der Waals surface area contributed by atoms with Crippen molar-refractivity contribution in [3.8, 4) is 5.69 Å². The van der Waals surface area contributed by atoms with Crippen LogP contribution in [0.4, 0.5) is 23.4 Å². The van der Waals surface area contributed by atoms with E-state index in [2.05, 4.69) is 20.2 Å². The average molecular weight is 417 g/mol. The Kier molecular flexibility index (Phi) is 4.19. The fourth-order valence-electron chi connectivity index (χ4n) is 3.74. The molecule has 1 aliphatic heterocycles. The van der Waals surface area contributed by atoms with E-state index in [1.165, 1.54) is 16.8 Å². The van der Waals surface area contributed by atoms with Gasteiger partial charge in [0.2, 0.25) is 0 Å². The third-order valence-electron chi connectivity index (χ3n) is 5.14. The molecule has 0 radical (unpaired) electrons. The smallest absolute Gasteiger partial charge is 0.348 e. The first kappa shape index (κ1) is 18.5. The van der Waals surface area contributed by atoms with Gasteiger partial charge in [-0.2, -0.15) is 23.4 Å². The minimum Gasteiger partial charge on any atom is -0.348 e. The van der Waals surface area contributed by atoms with Crippen molar-refractivity contribution in [2.75, 3.05) is 11.4 Å². The lowest BCUT2D eigenvalue weighted by Crippen LogP contribution is -2.25. The molecule has 154 valence electrons. The van der Waals surface area contributed by atoms with Crippen LogP contribution in [0.25, 0.3) is 11.3 Å². The van der Waals surface area contributed by atoms with E-state index in [-0.39, 0.29) is 11.9 Å². The van der Waals surface area contributed by atoms with Gasteiger partial charge in [0.15, 0.2) is 5.65 Å². The minimum absolute atomic E-state index is 0.269. The number of fused-ring (bicyclic) bond motifs is 1. The molecule has 30 heavy (non-hydrogen) atoms. The normalized spacial score (nSPS) is 17.2. The first-order valence-corrected chi connectivity index (χ1v) is 9.25. The van der Waals surface area contributed by atoms with E-state index in [1.54, 1.807) is 24.5 Å². The molecule has 0 aliphatic carbocycles. The molecule has 1 saturated heterocycles. The first-order chi connectivity index (χ1) is 14.4. The van der Waals surface area contributed by atoms with Gasteiger partial charge < -0.3 is 4.90 Å². The summed E-state index contributed by atoms with van der Waals surface area (Å²) >= 11 is 0. The highest BCUT2D eigenvalue weighted by molar-refractivity contribution is 5.61. The van der Waals surface area contributed by atoms with Gasteiger partial charge in [0.05, 0.1) is 29.7 Å². The molecule has 0 spiro atoms. The van der Waals surface area contributed by atoms with Crippen molar-refractivity contribution in [3.05, 3.63) is 66.3 Å². The second-order valence-corrected chi connectivity index (χ2v) is 6.98. The van der Waals surface area contributed by atoms with Gasteiger partial charge >= 0.3 is 6.18 Å². The number of hydrogen-bond acceptors (Lipinski definition) is 5. The maximum Gasteiger partial charge on any atom is 0.419 e. The topological polar surface area (TPSA) is 64.1 Å². The number of alkyl halides is 3. The highest BCUT2D eigenvalue weighted by Gasteiger charge is 2.33. The van der Waals surface area contributed by atoms with Gasteiger partial charge in [-0.25, -0.2) is 18.6 Å². The van der Waals surface area contributed by atoms with Gasteiger partial charge in [-0.15, -0.1) is 0 Å². The summed E-state index contributed by atoms with van der Waals surface area (Å²) < 4.78 is 55.6. The zero-order valence-electron chi connectivity index (χ0n) is 15.5. The van der Waals surface area contributed by atoms with E-state index < -0.39 is 11.7 Å². The van der Waals surface area contributed by atoms with Crippen molar-refractivity contribution in [2.45, 2.75) is 25.1 Å². The Balaban J connectivity index is 1.54. The summed E-state index contributed by atoms with van der Waals surface area (Å²) in [7, 11) is 0. The summed E-state index contributed by atoms with van der Waals surface area (Å²) in [4.78, 5) is 10.8. The molecule has 4 aromatic heterocycles. The summed E-state index contributed by atoms with van der Waals surface area (Å²) in [6, 6.07) is 4.39. The molecule has 0 unspecified atom stereocenters. The molecular formula is C19H15F4N7. The van der Waals surface area contributed by atoms with E-state index in [0.29, 0.717) is 29.4 Å². The predicted molar refractivity (Wildman–Crippen MR) is 98.6 cm³/mol. The van der Waals surface area contributed by atoms with E-state index in [9.17, 15) is 17.6 Å². The number of aromatic nitrogens is 6. The number of rotatable bonds is 3. The van der Waals surface area contributed by atoms with Gasteiger partial charge in [-0.3, -0.25) is 4.98 Å². The van der Waals surface area contributed by atoms with Crippen LogP contribution in [0, 0.1) is 5.82 Å². The summed E-state index contributed by atoms with van der Waals surface area (Å²) in [6.07, 6.45) is 3.35. The predicted octanol–water partition coefficient (Wildman–Crippen LogP) is 3.81. The second-order valence-electron chi connectivity index (χ2n) is 6.98. The SMILES string of the molecule is Fc1cccnc1[C@H]1CCCN1c1ccn2ncc(-n3cc(C(F)(F)F)cn3)c2n1. The first-order valence-electron chi connectivity index (χ1n) is 9.25. The molecule has 1 atom stereocenters. The maximum absolute atomic E-state index is 14.3. The van der Waals surface area contributed by atoms with Crippen LogP contribution >= 0.6 is 0 Å². The molecule has 11 heteroatoms. The molecule has 0 N–H and O–H groups in total. The Labute approximate surface area is 167 Å². The number of pyridine rings is 1. The van der Waals surface area contributed by atoms with Crippen molar-refractivity contribution >= 4 is 11.5 Å². The van der Waals surface area contributed by atoms with Crippen LogP contribution < -0.4 is 4.90 Å². The Morgan fingerprint density at radius 1 is 1.10 bits per heavy atom. The number of hydrogen-bond donors (Lipinski definition) is 0. The second kappa shape index (κ2) is 6.78. The fourth-order valence-corrected chi connectivity index (χ4v) is 3.74. The number of nitrogens with zero attached hydrogens (tertiary/aromatic N) is 7. The standard InChI is InChI=1S/C19H15F4N7/c20-13-3-1-6-24-17(13)14-4-2-7-28(14)16-5-8-29-18(27-16)15(10-26-29)30-11-12(9-25-30)19(21,22)23/h1,3,5-6,8-11,14H,2,4,7H2/t14-/m1/s1. The monoisotopic (exact) mass is 417 g/mol. The van der Waals surface area contributed by atoms with Crippen LogP contribution in [0.1, 0.15) is 30.1 Å². The van der Waals surface area contributed by atoms with Gasteiger partial charge in [-0.1, -0.05) is 0 Å². The molecule has 0 saturated carbocycles. The highest BCUT2D eigenvalue weighted by Crippen LogP contribution is 2.36. The Bertz CT molecular complexity index is 1210. The summed E-state index contributed by atoms with van der Waals surface area (Å²) in [5.41, 5.74) is 0.152. The summed E-state index contributed by atoms with van der Waals surface area (Å²) in [5, 5.41) is 7.95. The lowest BCUT2D eigenvalue weighted by molar-refractivity contribution is -0.137. The Morgan fingerprint density at radius 3 is 2.73 bits per heavy atom. The lowest BCUT2D eigenvalue weighted by atomic mass is 10.1. The molecule has 5 heterocycles. The summed E-state index contributed by atoms with van der Waals surface area (Å²) in [5.74, 6) is 0.191. The lowest BCUT2D eigenvalue weighted by Gasteiger charge is -2.25. The van der Waals surface area contributed by atoms with Gasteiger partial charge in [-0.05, 0) is 31.0 Å². The summed E-state index contributed by atoms with van der Waals surface area (Å²) in [6.45, 7) is 0.660. The van der Waals surface area contributed by atoms with Crippen LogP contribution in [-0.4, -0.2) is 35.9 Å². The molecule has 0 aromatic carbocycles. The zero-order chi connectivity index (χ0) is 20.9. The largest absolute Gasteiger partial charge is 0.419 e. The molecule has 0 amide bonds. The van der Waals surface area contributed by atoms with Crippen molar-refractivity contribution in [1.82, 2.24) is 29.4 Å². The molecule has 7 nitrogen and oxygen atoms in total. The fraction of sp³-hybridized carbons (Fsp3) is 0.263. The number of halogens is 4. The molecule has 5 rings (SSSR count). The van der Waals surface area contributed by atoms with Crippen LogP contribution in [0.2, 0.25) is 0 Å². The van der Waals surface area contributed by atoms with E-state index in [4.69, 9.17) is 0 Å². The molecule has 1 aliphatic rings. The van der Waals surface area contributed by atoms with Crippen LogP contribution in [0.5, 0.6) is 0 Å². The van der Waals surface area contributed by atoms with E-state index in [1.807, 2.05) is 4.90 Å². The van der Waals surface area contributed by atoms with E-state index >= 15 is 0 Å². The molecule has 4 aromatic rings. The molecule has 0 bridgehead atoms. The Morgan fingerprint density at radius 2 is 1.97 bits per heavy atom. The van der Waals surface area contributed by atoms with Crippen molar-refractivity contribution in [2.24, 2.45) is 0 Å². The van der Waals surface area contributed by atoms with Crippen molar-refractivity contribution < 1.29 is 17.6 Å². The molecule has 1 fully saturated rings. The average Bonchev–Trinajstić information content (AvgIpc) is 3.45. The van der Waals surface area contributed by atoms with E-state index in [0.717, 1.165) is 29.9 Å². The zero-order valence-corrected chi connectivity index (χ0v) is 15.5. The van der Waals surface area contributed by atoms with Gasteiger partial charge in [0.1, 0.15) is 17.3 Å². The van der Waals surface area contributed by atoms with Gasteiger partial charge in [0, 0.05) is 25.1 Å². The highest BCUT2D eigenvalue weighted by atomic mass is 19.4. The third-order valence-corrected chi connectivity index (χ3v) is 5.14.